The van der Waals surface area contributed by atoms with Gasteiger partial charge in [0.2, 0.25) is 0 Å². The third kappa shape index (κ3) is 35.1. The quantitative estimate of drug-likeness (QED) is 0.0149. The Hall–Kier alpha value is -1.70. The molecule has 1 fully saturated rings. The van der Waals surface area contributed by atoms with Gasteiger partial charge < -0.3 is 34.0 Å². The number of aliphatic hydroxyl groups excluding tert-OH is 1. The first-order chi connectivity index (χ1) is 27.7. The Balaban J connectivity index is 2.39. The van der Waals surface area contributed by atoms with Gasteiger partial charge in [-0.25, -0.2) is 9.13 Å². The van der Waals surface area contributed by atoms with Crippen LogP contribution in [-0.4, -0.2) is 82.6 Å². The minimum absolute atomic E-state index is 0.116. The van der Waals surface area contributed by atoms with E-state index < -0.39 is 66.2 Å². The molecule has 338 valence electrons. The van der Waals surface area contributed by atoms with Crippen molar-refractivity contribution >= 4 is 27.6 Å². The van der Waals surface area contributed by atoms with Crippen molar-refractivity contribution in [3.05, 3.63) is 36.5 Å². The molecule has 0 radical (unpaired) electrons. The fourth-order valence-corrected chi connectivity index (χ4v) is 7.13. The topological polar surface area (TPSA) is 208 Å². The van der Waals surface area contributed by atoms with E-state index in [0.29, 0.717) is 31.5 Å². The number of aliphatic hydroxyl groups is 1. The molecule has 5 atom stereocenters. The van der Waals surface area contributed by atoms with Crippen LogP contribution in [0.1, 0.15) is 162 Å². The highest BCUT2D eigenvalue weighted by Crippen LogP contribution is 2.44. The average molecular weight is 867 g/mol. The molecular formula is C42H76O14P2. The molecule has 58 heavy (non-hydrogen) atoms. The minimum Gasteiger partial charge on any atom is -0.462 e. The lowest BCUT2D eigenvalue weighted by Crippen LogP contribution is -2.30. The number of carbonyl (C=O) groups excluding carboxylic acids is 2. The normalized spacial score (nSPS) is 18.0. The highest BCUT2D eigenvalue weighted by atomic mass is 31.2. The third-order valence-electron chi connectivity index (χ3n) is 9.37. The van der Waals surface area contributed by atoms with Gasteiger partial charge in [0.05, 0.1) is 32.0 Å². The first kappa shape index (κ1) is 54.3. The summed E-state index contributed by atoms with van der Waals surface area (Å²) < 4.78 is 53.4. The van der Waals surface area contributed by atoms with Crippen LogP contribution in [0.15, 0.2) is 36.5 Å². The van der Waals surface area contributed by atoms with Gasteiger partial charge in [0, 0.05) is 12.8 Å². The molecule has 1 saturated heterocycles. The fraction of sp³-hybridized carbons (Fsp3) is 0.810. The van der Waals surface area contributed by atoms with Crippen LogP contribution < -0.4 is 0 Å². The predicted molar refractivity (Wildman–Crippen MR) is 225 cm³/mol. The summed E-state index contributed by atoms with van der Waals surface area (Å²) in [5, 5.41) is 9.74. The van der Waals surface area contributed by atoms with Gasteiger partial charge in [0.1, 0.15) is 12.7 Å². The molecule has 0 aromatic carbocycles. The third-order valence-corrected chi connectivity index (χ3v) is 10.8. The van der Waals surface area contributed by atoms with Crippen molar-refractivity contribution in [2.45, 2.75) is 186 Å². The summed E-state index contributed by atoms with van der Waals surface area (Å²) in [5.74, 6) is -0.337. The van der Waals surface area contributed by atoms with Crippen molar-refractivity contribution in [2.24, 2.45) is 5.92 Å². The SMILES string of the molecule is CCCCCC1OC1C/C=C\C/C=C\C/C=C\CCCC(=O)OC[C@H](COP(=O)(O)OC[C@@H](O)COP(=O)(O)O)OC(=O)CCCCCCCCCCCCC(C)C. The lowest BCUT2D eigenvalue weighted by molar-refractivity contribution is -0.161. The van der Waals surface area contributed by atoms with Gasteiger partial charge in [-0.2, -0.15) is 0 Å². The zero-order valence-corrected chi connectivity index (χ0v) is 37.3. The van der Waals surface area contributed by atoms with Crippen LogP contribution in [0.2, 0.25) is 0 Å². The van der Waals surface area contributed by atoms with Crippen molar-refractivity contribution in [1.29, 1.82) is 0 Å². The standard InChI is InChI=1S/C42H76O14P2/c1-4-5-22-28-39-40(56-39)29-24-19-15-11-7-9-12-16-20-25-30-41(44)51-34-38(35-54-58(49,50)53-33-37(43)32-52-57(46,47)48)55-42(45)31-26-21-17-13-8-6-10-14-18-23-27-36(2)3/h7,11-12,16,19,24,36-40,43H,4-6,8-10,13-15,17-18,20-23,25-35H2,1-3H3,(H,49,50)(H2,46,47,48)/b11-7-,16-12-,24-19-/t37-,38+,39?,40?/m0/s1. The maximum absolute atomic E-state index is 12.6. The zero-order chi connectivity index (χ0) is 42.9. The van der Waals surface area contributed by atoms with Gasteiger partial charge in [-0.1, -0.05) is 141 Å². The van der Waals surface area contributed by atoms with Gasteiger partial charge in [-0.15, -0.1) is 0 Å². The summed E-state index contributed by atoms with van der Waals surface area (Å²) in [7, 11) is -9.69. The van der Waals surface area contributed by atoms with E-state index in [1.54, 1.807) is 0 Å². The molecule has 4 N–H and O–H groups in total. The molecular weight excluding hydrogens is 790 g/mol. The van der Waals surface area contributed by atoms with Crippen LogP contribution in [0.4, 0.5) is 0 Å². The van der Waals surface area contributed by atoms with Crippen LogP contribution >= 0.6 is 15.6 Å². The number of unbranched alkanes of at least 4 members (excludes halogenated alkanes) is 12. The fourth-order valence-electron chi connectivity index (χ4n) is 5.97. The molecule has 1 rings (SSSR count). The second-order valence-electron chi connectivity index (χ2n) is 15.5. The number of phosphoric acid groups is 2. The Morgan fingerprint density at radius 1 is 0.655 bits per heavy atom. The molecule has 0 spiro atoms. The number of carbonyl (C=O) groups is 2. The summed E-state index contributed by atoms with van der Waals surface area (Å²) in [6.45, 7) is 3.95. The Morgan fingerprint density at radius 2 is 1.22 bits per heavy atom. The van der Waals surface area contributed by atoms with Gasteiger partial charge in [0.25, 0.3) is 0 Å². The van der Waals surface area contributed by atoms with E-state index in [1.807, 2.05) is 12.2 Å². The van der Waals surface area contributed by atoms with Crippen molar-refractivity contribution < 1.29 is 66.3 Å². The van der Waals surface area contributed by atoms with Crippen LogP contribution in [0.25, 0.3) is 0 Å². The molecule has 0 aliphatic carbocycles. The molecule has 14 nitrogen and oxygen atoms in total. The van der Waals surface area contributed by atoms with Crippen LogP contribution in [0, 0.1) is 5.92 Å². The molecule has 0 bridgehead atoms. The smallest absolute Gasteiger partial charge is 0.462 e. The number of epoxide rings is 1. The highest BCUT2D eigenvalue weighted by Gasteiger charge is 2.36. The molecule has 3 unspecified atom stereocenters. The summed E-state index contributed by atoms with van der Waals surface area (Å²) >= 11 is 0. The average Bonchev–Trinajstić information content (AvgIpc) is 3.92. The van der Waals surface area contributed by atoms with E-state index in [2.05, 4.69) is 54.1 Å². The summed E-state index contributed by atoms with van der Waals surface area (Å²) in [6.07, 6.45) is 31.9. The highest BCUT2D eigenvalue weighted by molar-refractivity contribution is 7.47. The van der Waals surface area contributed by atoms with Crippen molar-refractivity contribution in [3.8, 4) is 0 Å². The Kier molecular flexibility index (Phi) is 31.8. The van der Waals surface area contributed by atoms with Gasteiger partial charge >= 0.3 is 27.6 Å². The summed E-state index contributed by atoms with van der Waals surface area (Å²) in [5.41, 5.74) is 0. The lowest BCUT2D eigenvalue weighted by atomic mass is 10.0. The second-order valence-corrected chi connectivity index (χ2v) is 18.2. The number of hydrogen-bond acceptors (Lipinski definition) is 11. The number of allylic oxidation sites excluding steroid dienone is 5. The van der Waals surface area contributed by atoms with E-state index in [1.165, 1.54) is 70.6 Å². The predicted octanol–water partition coefficient (Wildman–Crippen LogP) is 9.74. The molecule has 16 heteroatoms. The molecule has 0 amide bonds. The number of hydrogen-bond donors (Lipinski definition) is 4. The first-order valence-corrected chi connectivity index (χ1v) is 24.7. The van der Waals surface area contributed by atoms with E-state index in [9.17, 15) is 28.7 Å². The van der Waals surface area contributed by atoms with Crippen LogP contribution in [-0.2, 0) is 46.5 Å². The molecule has 1 heterocycles. The van der Waals surface area contributed by atoms with Gasteiger partial charge in [-0.3, -0.25) is 23.2 Å². The number of phosphoric ester groups is 2. The molecule has 0 saturated carbocycles. The van der Waals surface area contributed by atoms with E-state index in [-0.39, 0.29) is 12.8 Å². The van der Waals surface area contributed by atoms with Crippen molar-refractivity contribution in [1.82, 2.24) is 0 Å². The van der Waals surface area contributed by atoms with Crippen molar-refractivity contribution in [2.75, 3.05) is 26.4 Å². The van der Waals surface area contributed by atoms with Gasteiger partial charge in [-0.05, 0) is 50.9 Å². The largest absolute Gasteiger partial charge is 0.472 e. The number of esters is 2. The second kappa shape index (κ2) is 34.0. The van der Waals surface area contributed by atoms with Gasteiger partial charge in [0.15, 0.2) is 6.10 Å². The zero-order valence-electron chi connectivity index (χ0n) is 35.5. The molecule has 0 aromatic rings. The maximum Gasteiger partial charge on any atom is 0.472 e. The monoisotopic (exact) mass is 866 g/mol. The summed E-state index contributed by atoms with van der Waals surface area (Å²) in [6, 6.07) is 0. The van der Waals surface area contributed by atoms with Crippen LogP contribution in [0.5, 0.6) is 0 Å². The van der Waals surface area contributed by atoms with Crippen molar-refractivity contribution in [3.63, 3.8) is 0 Å². The van der Waals surface area contributed by atoms with Crippen LogP contribution in [0.3, 0.4) is 0 Å². The Bertz CT molecular complexity index is 1250. The molecule has 0 aromatic heterocycles. The van der Waals surface area contributed by atoms with E-state index >= 15 is 0 Å². The molecule has 1 aliphatic rings. The number of rotatable bonds is 39. The lowest BCUT2D eigenvalue weighted by Gasteiger charge is -2.20. The van der Waals surface area contributed by atoms with E-state index in [0.717, 1.165) is 44.4 Å². The minimum atomic E-state index is -4.87. The molecule has 1 aliphatic heterocycles. The number of ether oxygens (including phenoxy) is 3. The Labute approximate surface area is 348 Å². The maximum atomic E-state index is 12.6. The summed E-state index contributed by atoms with van der Waals surface area (Å²) in [4.78, 5) is 52.6. The Morgan fingerprint density at radius 3 is 1.86 bits per heavy atom. The first-order valence-electron chi connectivity index (χ1n) is 21.7. The van der Waals surface area contributed by atoms with E-state index in [4.69, 9.17) is 28.5 Å².